The molecule has 1 aliphatic rings. The number of aryl methyl sites for hydroxylation is 2. The number of ketones is 1. The lowest BCUT2D eigenvalue weighted by atomic mass is 9.99. The van der Waals surface area contributed by atoms with E-state index in [1.54, 1.807) is 17.5 Å². The van der Waals surface area contributed by atoms with E-state index in [1.165, 1.54) is 0 Å². The predicted molar refractivity (Wildman–Crippen MR) is 150 cm³/mol. The van der Waals surface area contributed by atoms with Crippen LogP contribution < -0.4 is 16.0 Å². The number of hydrogen-bond donors (Lipinski definition) is 4. The Bertz CT molecular complexity index is 1140. The van der Waals surface area contributed by atoms with Gasteiger partial charge in [-0.15, -0.1) is 11.3 Å². The van der Waals surface area contributed by atoms with Crippen LogP contribution in [0, 0.1) is 0 Å². The van der Waals surface area contributed by atoms with Gasteiger partial charge in [-0.3, -0.25) is 9.59 Å². The minimum absolute atomic E-state index is 0.0179. The Morgan fingerprint density at radius 1 is 1.19 bits per heavy atom. The third-order valence-corrected chi connectivity index (χ3v) is 7.75. The first-order valence-electron chi connectivity index (χ1n) is 12.6. The minimum atomic E-state index is -0.531. The maximum Gasteiger partial charge on any atom is 0.252 e. The van der Waals surface area contributed by atoms with Gasteiger partial charge in [0.05, 0.1) is 11.0 Å². The largest absolute Gasteiger partial charge is 0.383 e. The summed E-state index contributed by atoms with van der Waals surface area (Å²) in [6.45, 7) is 3.61. The van der Waals surface area contributed by atoms with E-state index < -0.39 is 6.04 Å². The molecular formula is C28H34N4O2S2. The van der Waals surface area contributed by atoms with Crippen molar-refractivity contribution in [1.29, 1.82) is 0 Å². The molecule has 2 heterocycles. The van der Waals surface area contributed by atoms with Gasteiger partial charge in [0.1, 0.15) is 0 Å². The fraction of sp³-hybridized carbons (Fsp3) is 0.393. The highest BCUT2D eigenvalue weighted by atomic mass is 32.1. The maximum absolute atomic E-state index is 13.5. The monoisotopic (exact) mass is 522 g/mol. The lowest BCUT2D eigenvalue weighted by Gasteiger charge is -2.19. The molecule has 3 N–H and O–H groups in total. The molecule has 190 valence electrons. The molecule has 0 radical (unpaired) electrons. The third kappa shape index (κ3) is 7.41. The number of aromatic nitrogens is 1. The smallest absolute Gasteiger partial charge is 0.252 e. The summed E-state index contributed by atoms with van der Waals surface area (Å²) in [7, 11) is 0. The topological polar surface area (TPSA) is 83.1 Å². The van der Waals surface area contributed by atoms with Crippen LogP contribution in [-0.4, -0.2) is 47.1 Å². The van der Waals surface area contributed by atoms with Crippen molar-refractivity contribution >= 4 is 41.3 Å². The fourth-order valence-corrected chi connectivity index (χ4v) is 5.47. The summed E-state index contributed by atoms with van der Waals surface area (Å²) in [5.74, 6) is -0.195. The van der Waals surface area contributed by atoms with Crippen molar-refractivity contribution in [3.63, 3.8) is 0 Å². The van der Waals surface area contributed by atoms with E-state index in [1.807, 2.05) is 60.8 Å². The highest BCUT2D eigenvalue weighted by molar-refractivity contribution is 7.81. The van der Waals surface area contributed by atoms with Gasteiger partial charge in [-0.25, -0.2) is 4.98 Å². The Morgan fingerprint density at radius 3 is 2.72 bits per heavy atom. The van der Waals surface area contributed by atoms with Crippen molar-refractivity contribution < 1.29 is 9.59 Å². The van der Waals surface area contributed by atoms with Gasteiger partial charge in [0.15, 0.2) is 5.78 Å². The molecule has 0 aliphatic carbocycles. The zero-order valence-electron chi connectivity index (χ0n) is 20.6. The summed E-state index contributed by atoms with van der Waals surface area (Å²) in [5.41, 5.74) is 3.41. The molecule has 1 saturated heterocycles. The Labute approximate surface area is 222 Å². The number of anilines is 1. The SMILES string of the molecule is CC[C@H](NC(=O)c1cc(NC[C@@H]2C[C@H](S)CN2)ccc1CCc1nccs1)C(=O)Cc1ccccc1. The number of Topliss-reactive ketones (excluding diaryl/α,β-unsaturated/α-hetero) is 1. The molecule has 1 amide bonds. The molecule has 4 rings (SSSR count). The van der Waals surface area contributed by atoms with Crippen LogP contribution in [-0.2, 0) is 24.1 Å². The minimum Gasteiger partial charge on any atom is -0.383 e. The molecule has 2 aromatic carbocycles. The van der Waals surface area contributed by atoms with E-state index in [9.17, 15) is 9.59 Å². The number of thiazole rings is 1. The van der Waals surface area contributed by atoms with E-state index in [0.29, 0.717) is 36.1 Å². The average molecular weight is 523 g/mol. The Hall–Kier alpha value is -2.68. The zero-order valence-corrected chi connectivity index (χ0v) is 22.3. The second-order valence-corrected chi connectivity index (χ2v) is 10.9. The van der Waals surface area contributed by atoms with Crippen molar-refractivity contribution in [2.45, 2.75) is 56.4 Å². The normalized spacial score (nSPS) is 18.1. The Kier molecular flexibility index (Phi) is 9.55. The van der Waals surface area contributed by atoms with E-state index >= 15 is 0 Å². The van der Waals surface area contributed by atoms with Crippen molar-refractivity contribution in [3.8, 4) is 0 Å². The van der Waals surface area contributed by atoms with Crippen molar-refractivity contribution in [3.05, 3.63) is 81.8 Å². The predicted octanol–water partition coefficient (Wildman–Crippen LogP) is 4.32. The number of amides is 1. The molecule has 1 fully saturated rings. The van der Waals surface area contributed by atoms with Gasteiger partial charge in [0.25, 0.3) is 5.91 Å². The number of benzene rings is 2. The molecule has 1 aromatic heterocycles. The molecule has 3 aromatic rings. The molecule has 0 spiro atoms. The summed E-state index contributed by atoms with van der Waals surface area (Å²) in [5, 5.41) is 13.3. The van der Waals surface area contributed by atoms with Gasteiger partial charge < -0.3 is 16.0 Å². The summed E-state index contributed by atoms with van der Waals surface area (Å²) >= 11 is 6.17. The highest BCUT2D eigenvalue weighted by Gasteiger charge is 2.23. The van der Waals surface area contributed by atoms with Crippen LogP contribution in [0.1, 0.15) is 46.3 Å². The number of nitrogens with one attached hydrogen (secondary N) is 3. The van der Waals surface area contributed by atoms with Gasteiger partial charge in [-0.1, -0.05) is 43.3 Å². The summed E-state index contributed by atoms with van der Waals surface area (Å²) in [6.07, 6.45) is 5.13. The van der Waals surface area contributed by atoms with Crippen LogP contribution in [0.4, 0.5) is 5.69 Å². The first-order chi connectivity index (χ1) is 17.5. The lowest BCUT2D eigenvalue weighted by Crippen LogP contribution is -2.41. The van der Waals surface area contributed by atoms with Gasteiger partial charge >= 0.3 is 0 Å². The molecule has 0 saturated carbocycles. The van der Waals surface area contributed by atoms with E-state index in [-0.39, 0.29) is 11.7 Å². The quantitative estimate of drug-likeness (QED) is 0.266. The Balaban J connectivity index is 1.47. The molecule has 1 aliphatic heterocycles. The first kappa shape index (κ1) is 26.4. The number of thiol groups is 1. The van der Waals surface area contributed by atoms with E-state index in [0.717, 1.165) is 47.8 Å². The summed E-state index contributed by atoms with van der Waals surface area (Å²) in [4.78, 5) is 30.8. The second-order valence-electron chi connectivity index (χ2n) is 9.24. The number of carbonyl (C=O) groups excluding carboxylic acids is 2. The first-order valence-corrected chi connectivity index (χ1v) is 14.0. The number of carbonyl (C=O) groups is 2. The van der Waals surface area contributed by atoms with Crippen LogP contribution in [0.15, 0.2) is 60.1 Å². The molecule has 3 atom stereocenters. The van der Waals surface area contributed by atoms with Gasteiger partial charge in [-0.2, -0.15) is 12.6 Å². The zero-order chi connectivity index (χ0) is 25.3. The van der Waals surface area contributed by atoms with Crippen LogP contribution >= 0.6 is 24.0 Å². The number of hydrogen-bond acceptors (Lipinski definition) is 7. The number of rotatable bonds is 12. The number of nitrogens with zero attached hydrogens (tertiary/aromatic N) is 1. The molecule has 0 unspecified atom stereocenters. The third-order valence-electron chi connectivity index (χ3n) is 6.52. The van der Waals surface area contributed by atoms with Crippen LogP contribution in [0.3, 0.4) is 0 Å². The second kappa shape index (κ2) is 13.0. The van der Waals surface area contributed by atoms with E-state index in [2.05, 4.69) is 33.6 Å². The molecule has 0 bridgehead atoms. The highest BCUT2D eigenvalue weighted by Crippen LogP contribution is 2.21. The lowest BCUT2D eigenvalue weighted by molar-refractivity contribution is -0.120. The van der Waals surface area contributed by atoms with Crippen molar-refractivity contribution in [1.82, 2.24) is 15.6 Å². The summed E-state index contributed by atoms with van der Waals surface area (Å²) in [6, 6.07) is 15.4. The molecule has 6 nitrogen and oxygen atoms in total. The van der Waals surface area contributed by atoms with Crippen LogP contribution in [0.25, 0.3) is 0 Å². The van der Waals surface area contributed by atoms with Crippen LogP contribution in [0.2, 0.25) is 0 Å². The average Bonchev–Trinajstić information content (AvgIpc) is 3.57. The van der Waals surface area contributed by atoms with Gasteiger partial charge in [0, 0.05) is 60.1 Å². The molecule has 8 heteroatoms. The van der Waals surface area contributed by atoms with Crippen LogP contribution in [0.5, 0.6) is 0 Å². The van der Waals surface area contributed by atoms with Gasteiger partial charge in [-0.05, 0) is 42.5 Å². The van der Waals surface area contributed by atoms with Gasteiger partial charge in [0.2, 0.25) is 0 Å². The summed E-state index contributed by atoms with van der Waals surface area (Å²) < 4.78 is 0. The standard InChI is InChI=1S/C28H34N4O2S2/c1-2-25(26(33)14-19-6-4-3-5-7-19)32-28(34)24-16-21(30-17-22-15-23(35)18-31-22)10-8-20(24)9-11-27-29-12-13-36-27/h3-8,10,12-13,16,22-23,25,30-31,35H,2,9,11,14-15,17-18H2,1H3,(H,32,34)/t22-,23-,25-/m0/s1. The van der Waals surface area contributed by atoms with Crippen molar-refractivity contribution in [2.75, 3.05) is 18.4 Å². The molecule has 36 heavy (non-hydrogen) atoms. The molecular weight excluding hydrogens is 488 g/mol. The Morgan fingerprint density at radius 2 is 2.03 bits per heavy atom. The maximum atomic E-state index is 13.5. The van der Waals surface area contributed by atoms with E-state index in [4.69, 9.17) is 0 Å². The fourth-order valence-electron chi connectivity index (χ4n) is 4.49. The van der Waals surface area contributed by atoms with Crippen molar-refractivity contribution in [2.24, 2.45) is 0 Å².